The number of anilines is 1. The highest BCUT2D eigenvalue weighted by Gasteiger charge is 2.18. The van der Waals surface area contributed by atoms with Gasteiger partial charge in [0.1, 0.15) is 12.3 Å². The van der Waals surface area contributed by atoms with E-state index in [0.29, 0.717) is 18.5 Å². The van der Waals surface area contributed by atoms with Crippen LogP contribution in [0.3, 0.4) is 0 Å². The van der Waals surface area contributed by atoms with Crippen LogP contribution < -0.4 is 10.5 Å². The van der Waals surface area contributed by atoms with E-state index in [1.807, 2.05) is 30.3 Å². The number of fused-ring (bicyclic) bond motifs is 1. The summed E-state index contributed by atoms with van der Waals surface area (Å²) in [6.45, 7) is 0.473. The van der Waals surface area contributed by atoms with E-state index in [2.05, 4.69) is 26.8 Å². The Labute approximate surface area is 154 Å². The van der Waals surface area contributed by atoms with Crippen molar-refractivity contribution in [2.45, 2.75) is 57.6 Å². The van der Waals surface area contributed by atoms with Crippen LogP contribution in [0.2, 0.25) is 0 Å². The van der Waals surface area contributed by atoms with Crippen LogP contribution in [0.4, 0.5) is 5.95 Å². The molecule has 2 N–H and O–H groups in total. The molecule has 1 fully saturated rings. The topological polar surface area (TPSA) is 66.0 Å². The molecule has 0 amide bonds. The first kappa shape index (κ1) is 16.9. The molecule has 3 aromatic rings. The summed E-state index contributed by atoms with van der Waals surface area (Å²) in [6.07, 6.45) is 11.1. The molecule has 0 saturated heterocycles. The maximum Gasteiger partial charge on any atom is 0.228 e. The maximum absolute atomic E-state index is 5.99. The van der Waals surface area contributed by atoms with Gasteiger partial charge in [0.15, 0.2) is 0 Å². The van der Waals surface area contributed by atoms with Crippen LogP contribution in [0.25, 0.3) is 11.0 Å². The molecule has 1 aliphatic carbocycles. The Hall–Kier alpha value is -2.56. The highest BCUT2D eigenvalue weighted by Crippen LogP contribution is 2.32. The van der Waals surface area contributed by atoms with Crippen molar-refractivity contribution in [2.75, 3.05) is 5.73 Å². The number of ether oxygens (including phenoxy) is 1. The predicted octanol–water partition coefficient (Wildman–Crippen LogP) is 4.88. The minimum absolute atomic E-state index is 0.270. The summed E-state index contributed by atoms with van der Waals surface area (Å²) in [4.78, 5) is 8.87. The molecule has 26 heavy (non-hydrogen) atoms. The van der Waals surface area contributed by atoms with Crippen LogP contribution >= 0.6 is 0 Å². The highest BCUT2D eigenvalue weighted by atomic mass is 16.5. The maximum atomic E-state index is 5.99. The number of nitrogens with two attached hydrogens (primary N) is 1. The minimum atomic E-state index is 0.270. The number of hydrogen-bond acceptors (Lipinski definition) is 4. The fraction of sp³-hybridized carbons (Fsp3) is 0.429. The van der Waals surface area contributed by atoms with Crippen molar-refractivity contribution in [3.8, 4) is 5.88 Å². The zero-order valence-corrected chi connectivity index (χ0v) is 15.1. The molecular formula is C21H26N4O. The molecule has 0 bridgehead atoms. The molecule has 0 radical (unpaired) electrons. The van der Waals surface area contributed by atoms with Crippen molar-refractivity contribution in [3.63, 3.8) is 0 Å². The first-order valence-corrected chi connectivity index (χ1v) is 9.62. The molecule has 2 aromatic heterocycles. The van der Waals surface area contributed by atoms with E-state index in [4.69, 9.17) is 10.5 Å². The molecule has 5 nitrogen and oxygen atoms in total. The van der Waals surface area contributed by atoms with Gasteiger partial charge >= 0.3 is 0 Å². The van der Waals surface area contributed by atoms with Gasteiger partial charge in [-0.05, 0) is 24.5 Å². The van der Waals surface area contributed by atoms with Gasteiger partial charge < -0.3 is 15.0 Å². The Kier molecular flexibility index (Phi) is 5.04. The third-order valence-electron chi connectivity index (χ3n) is 5.24. The van der Waals surface area contributed by atoms with Crippen LogP contribution in [0, 0.1) is 0 Å². The molecule has 136 valence electrons. The number of nitrogens with zero attached hydrogens (tertiary/aromatic N) is 3. The fourth-order valence-electron chi connectivity index (χ4n) is 3.87. The Morgan fingerprint density at radius 1 is 0.962 bits per heavy atom. The molecular weight excluding hydrogens is 324 g/mol. The van der Waals surface area contributed by atoms with E-state index in [1.165, 1.54) is 44.9 Å². The largest absolute Gasteiger partial charge is 0.472 e. The summed E-state index contributed by atoms with van der Waals surface area (Å²) in [7, 11) is 0. The van der Waals surface area contributed by atoms with Crippen molar-refractivity contribution in [3.05, 3.63) is 48.2 Å². The zero-order chi connectivity index (χ0) is 17.8. The lowest BCUT2D eigenvalue weighted by molar-refractivity contribution is 0.298. The zero-order valence-electron chi connectivity index (χ0n) is 15.1. The number of benzene rings is 1. The van der Waals surface area contributed by atoms with Gasteiger partial charge in [0, 0.05) is 12.2 Å². The monoisotopic (exact) mass is 350 g/mol. The summed E-state index contributed by atoms with van der Waals surface area (Å²) in [5.74, 6) is 0.840. The van der Waals surface area contributed by atoms with Gasteiger partial charge in [-0.1, -0.05) is 62.4 Å². The average molecular weight is 350 g/mol. The van der Waals surface area contributed by atoms with E-state index in [9.17, 15) is 0 Å². The van der Waals surface area contributed by atoms with Crippen LogP contribution in [0.1, 0.15) is 56.6 Å². The number of nitrogen functional groups attached to an aromatic ring is 1. The Morgan fingerprint density at radius 2 is 1.69 bits per heavy atom. The van der Waals surface area contributed by atoms with Crippen LogP contribution in [-0.2, 0) is 6.61 Å². The standard InChI is InChI=1S/C21H26N4O/c22-21-23-19-18(20(24-21)26-15-16-9-5-4-6-10-16)13-14-25(19)17-11-7-2-1-3-8-12-17/h4-6,9-10,13-14,17H,1-3,7-8,11-12,15H2,(H2,22,23,24). The molecule has 0 spiro atoms. The predicted molar refractivity (Wildman–Crippen MR) is 104 cm³/mol. The van der Waals surface area contributed by atoms with Gasteiger partial charge in [-0.15, -0.1) is 0 Å². The van der Waals surface area contributed by atoms with E-state index in [-0.39, 0.29) is 5.95 Å². The molecule has 1 aromatic carbocycles. The average Bonchev–Trinajstić information content (AvgIpc) is 3.04. The summed E-state index contributed by atoms with van der Waals surface area (Å²) < 4.78 is 8.27. The molecule has 4 rings (SSSR count). The molecule has 1 saturated carbocycles. The third-order valence-corrected chi connectivity index (χ3v) is 5.24. The summed E-state index contributed by atoms with van der Waals surface area (Å²) in [5.41, 5.74) is 7.99. The van der Waals surface area contributed by atoms with Crippen molar-refractivity contribution in [1.29, 1.82) is 0 Å². The number of aromatic nitrogens is 3. The van der Waals surface area contributed by atoms with Gasteiger partial charge in [-0.3, -0.25) is 0 Å². The van der Waals surface area contributed by atoms with Crippen LogP contribution in [0.5, 0.6) is 5.88 Å². The minimum Gasteiger partial charge on any atom is -0.472 e. The lowest BCUT2D eigenvalue weighted by atomic mass is 9.96. The van der Waals surface area contributed by atoms with Gasteiger partial charge in [0.2, 0.25) is 11.8 Å². The Bertz CT molecular complexity index is 851. The van der Waals surface area contributed by atoms with E-state index < -0.39 is 0 Å². The third kappa shape index (κ3) is 3.66. The number of rotatable bonds is 4. The Balaban J connectivity index is 1.62. The van der Waals surface area contributed by atoms with E-state index in [1.54, 1.807) is 0 Å². The Morgan fingerprint density at radius 3 is 2.46 bits per heavy atom. The van der Waals surface area contributed by atoms with Gasteiger partial charge in [-0.2, -0.15) is 9.97 Å². The van der Waals surface area contributed by atoms with Crippen molar-refractivity contribution in [2.24, 2.45) is 0 Å². The SMILES string of the molecule is Nc1nc(OCc2ccccc2)c2ccn(C3CCCCCCC3)c2n1. The van der Waals surface area contributed by atoms with Crippen molar-refractivity contribution in [1.82, 2.24) is 14.5 Å². The summed E-state index contributed by atoms with van der Waals surface area (Å²) in [6, 6.07) is 12.7. The highest BCUT2D eigenvalue weighted by molar-refractivity contribution is 5.82. The molecule has 1 aliphatic rings. The second-order valence-corrected chi connectivity index (χ2v) is 7.12. The molecule has 5 heteroatoms. The lowest BCUT2D eigenvalue weighted by Crippen LogP contribution is -2.11. The molecule has 0 unspecified atom stereocenters. The van der Waals surface area contributed by atoms with Crippen LogP contribution in [-0.4, -0.2) is 14.5 Å². The van der Waals surface area contributed by atoms with Crippen LogP contribution in [0.15, 0.2) is 42.6 Å². The first-order chi connectivity index (χ1) is 12.8. The quantitative estimate of drug-likeness (QED) is 0.728. The second-order valence-electron chi connectivity index (χ2n) is 7.12. The van der Waals surface area contributed by atoms with Crippen molar-refractivity contribution >= 4 is 17.0 Å². The molecule has 0 atom stereocenters. The fourth-order valence-corrected chi connectivity index (χ4v) is 3.87. The summed E-state index contributed by atoms with van der Waals surface area (Å²) >= 11 is 0. The van der Waals surface area contributed by atoms with E-state index in [0.717, 1.165) is 16.6 Å². The van der Waals surface area contributed by atoms with E-state index >= 15 is 0 Å². The molecule has 0 aliphatic heterocycles. The number of hydrogen-bond donors (Lipinski definition) is 1. The second kappa shape index (κ2) is 7.77. The first-order valence-electron chi connectivity index (χ1n) is 9.62. The normalized spacial score (nSPS) is 16.3. The lowest BCUT2D eigenvalue weighted by Gasteiger charge is -2.22. The van der Waals surface area contributed by atoms with Crippen molar-refractivity contribution < 1.29 is 4.74 Å². The van der Waals surface area contributed by atoms with Gasteiger partial charge in [0.25, 0.3) is 0 Å². The van der Waals surface area contributed by atoms with Gasteiger partial charge in [-0.25, -0.2) is 0 Å². The smallest absolute Gasteiger partial charge is 0.228 e. The molecule has 2 heterocycles. The van der Waals surface area contributed by atoms with Gasteiger partial charge in [0.05, 0.1) is 5.39 Å². The summed E-state index contributed by atoms with van der Waals surface area (Å²) in [5, 5.41) is 0.942.